The van der Waals surface area contributed by atoms with Gasteiger partial charge in [-0.3, -0.25) is 0 Å². The zero-order chi connectivity index (χ0) is 7.40. The van der Waals surface area contributed by atoms with E-state index in [2.05, 4.69) is 6.58 Å². The quantitative estimate of drug-likeness (QED) is 0.471. The first kappa shape index (κ1) is 7.98. The predicted octanol–water partition coefficient (Wildman–Crippen LogP) is 0.607. The monoisotopic (exact) mass is 158 g/mol. The Morgan fingerprint density at radius 2 is 2.40 bits per heavy atom. The summed E-state index contributed by atoms with van der Waals surface area (Å²) in [6, 6.07) is 1.10. The Hall–Kier alpha value is -0.123. The summed E-state index contributed by atoms with van der Waals surface area (Å²) in [5.74, 6) is 0. The first-order valence-corrected chi connectivity index (χ1v) is 5.72. The van der Waals surface area contributed by atoms with E-state index in [1.807, 2.05) is 0 Å². The summed E-state index contributed by atoms with van der Waals surface area (Å²) in [6.07, 6.45) is 3.98. The van der Waals surface area contributed by atoms with Crippen LogP contribution in [0.5, 0.6) is 0 Å². The van der Waals surface area contributed by atoms with Crippen LogP contribution in [-0.4, -0.2) is 26.5 Å². The Kier molecular flexibility index (Phi) is 3.12. The van der Waals surface area contributed by atoms with Gasteiger partial charge in [0.05, 0.1) is 5.73 Å². The third-order valence-electron chi connectivity index (χ3n) is 1.84. The molecule has 1 fully saturated rings. The smallest absolute Gasteiger partial charge is 0.209 e. The maximum atomic E-state index is 9.30. The van der Waals surface area contributed by atoms with Crippen molar-refractivity contribution in [1.29, 1.82) is 0 Å². The van der Waals surface area contributed by atoms with Crippen LogP contribution in [0.3, 0.4) is 0 Å². The Bertz CT molecular complexity index is 110. The van der Waals surface area contributed by atoms with Gasteiger partial charge in [-0.25, -0.2) is 0 Å². The lowest BCUT2D eigenvalue weighted by molar-refractivity contribution is 0.219. The lowest BCUT2D eigenvalue weighted by Gasteiger charge is -2.23. The fourth-order valence-corrected chi connectivity index (χ4v) is 3.36. The van der Waals surface area contributed by atoms with Crippen molar-refractivity contribution in [1.82, 2.24) is 0 Å². The topological polar surface area (TPSA) is 29.5 Å². The van der Waals surface area contributed by atoms with Crippen molar-refractivity contribution >= 4 is 9.04 Å². The van der Waals surface area contributed by atoms with Crippen LogP contribution in [0, 0.1) is 0 Å². The molecule has 1 aliphatic heterocycles. The first-order valence-electron chi connectivity index (χ1n) is 3.77. The number of rotatable bonds is 2. The lowest BCUT2D eigenvalue weighted by atomic mass is 10.4. The molecule has 0 amide bonds. The second kappa shape index (κ2) is 3.90. The summed E-state index contributed by atoms with van der Waals surface area (Å²) < 4.78 is 5.45. The molecule has 10 heavy (non-hydrogen) atoms. The fourth-order valence-electron chi connectivity index (χ4n) is 1.19. The molecule has 1 heterocycles. The largest absolute Gasteiger partial charge is 0.417 e. The molecular weight excluding hydrogens is 144 g/mol. The summed E-state index contributed by atoms with van der Waals surface area (Å²) in [6.45, 7) is 4.39. The summed E-state index contributed by atoms with van der Waals surface area (Å²) in [5.41, 5.74) is -0.333. The van der Waals surface area contributed by atoms with E-state index in [1.54, 1.807) is 6.08 Å². The molecular formula is C7H14O2Si. The molecule has 58 valence electrons. The normalized spacial score (nSPS) is 29.5. The van der Waals surface area contributed by atoms with Gasteiger partial charge in [0.25, 0.3) is 0 Å². The molecule has 1 saturated heterocycles. The van der Waals surface area contributed by atoms with E-state index in [9.17, 15) is 5.11 Å². The van der Waals surface area contributed by atoms with Gasteiger partial charge in [-0.15, -0.1) is 6.58 Å². The molecule has 2 unspecified atom stereocenters. The van der Waals surface area contributed by atoms with Crippen LogP contribution >= 0.6 is 0 Å². The van der Waals surface area contributed by atoms with Crippen molar-refractivity contribution in [3.63, 3.8) is 0 Å². The van der Waals surface area contributed by atoms with Crippen molar-refractivity contribution < 1.29 is 9.53 Å². The molecule has 3 heteroatoms. The Labute approximate surface area is 63.2 Å². The van der Waals surface area contributed by atoms with Gasteiger partial charge in [0, 0.05) is 6.61 Å². The van der Waals surface area contributed by atoms with Gasteiger partial charge in [0.15, 0.2) is 0 Å². The van der Waals surface area contributed by atoms with Crippen LogP contribution in [0.1, 0.15) is 12.8 Å². The van der Waals surface area contributed by atoms with Gasteiger partial charge < -0.3 is 9.53 Å². The molecule has 0 saturated carbocycles. The van der Waals surface area contributed by atoms with Crippen LogP contribution in [0.2, 0.25) is 6.04 Å². The van der Waals surface area contributed by atoms with Crippen LogP contribution in [-0.2, 0) is 4.43 Å². The lowest BCUT2D eigenvalue weighted by Crippen LogP contribution is -2.35. The van der Waals surface area contributed by atoms with E-state index >= 15 is 0 Å². The Morgan fingerprint density at radius 1 is 1.60 bits per heavy atom. The first-order chi connectivity index (χ1) is 4.84. The third kappa shape index (κ3) is 1.93. The minimum atomic E-state index is -1.28. The fraction of sp³-hybridized carbons (Fsp3) is 0.714. The average molecular weight is 158 g/mol. The zero-order valence-corrected chi connectivity index (χ0v) is 7.28. The predicted molar refractivity (Wildman–Crippen MR) is 43.3 cm³/mol. The van der Waals surface area contributed by atoms with E-state index in [0.29, 0.717) is 0 Å². The standard InChI is InChI=1S/C7H14O2Si/c1-2-7(8)10-6-4-3-5-9-10/h2,7-8,10H,1,3-6H2. The molecule has 2 nitrogen and oxygen atoms in total. The van der Waals surface area contributed by atoms with Crippen molar-refractivity contribution in [3.8, 4) is 0 Å². The van der Waals surface area contributed by atoms with Crippen LogP contribution in [0.25, 0.3) is 0 Å². The van der Waals surface area contributed by atoms with Crippen molar-refractivity contribution in [2.75, 3.05) is 6.61 Å². The summed E-state index contributed by atoms with van der Waals surface area (Å²) in [5, 5.41) is 9.30. The third-order valence-corrected chi connectivity index (χ3v) is 4.51. The molecule has 0 radical (unpaired) electrons. The minimum absolute atomic E-state index is 0.333. The highest BCUT2D eigenvalue weighted by molar-refractivity contribution is 6.54. The number of aliphatic hydroxyl groups excluding tert-OH is 1. The summed E-state index contributed by atoms with van der Waals surface area (Å²) in [7, 11) is -1.28. The van der Waals surface area contributed by atoms with Crippen molar-refractivity contribution in [3.05, 3.63) is 12.7 Å². The maximum absolute atomic E-state index is 9.30. The number of hydrogen-bond donors (Lipinski definition) is 1. The van der Waals surface area contributed by atoms with E-state index in [1.165, 1.54) is 6.42 Å². The maximum Gasteiger partial charge on any atom is 0.209 e. The van der Waals surface area contributed by atoms with E-state index in [-0.39, 0.29) is 5.73 Å². The van der Waals surface area contributed by atoms with Gasteiger partial charge >= 0.3 is 0 Å². The molecule has 0 spiro atoms. The molecule has 0 aliphatic carbocycles. The van der Waals surface area contributed by atoms with Gasteiger partial charge in [-0.2, -0.15) is 0 Å². The van der Waals surface area contributed by atoms with Crippen molar-refractivity contribution in [2.24, 2.45) is 0 Å². The van der Waals surface area contributed by atoms with Gasteiger partial charge in [0.1, 0.15) is 0 Å². The van der Waals surface area contributed by atoms with E-state index in [0.717, 1.165) is 19.1 Å². The summed E-state index contributed by atoms with van der Waals surface area (Å²) in [4.78, 5) is 0. The molecule has 1 N–H and O–H groups in total. The summed E-state index contributed by atoms with van der Waals surface area (Å²) >= 11 is 0. The van der Waals surface area contributed by atoms with Crippen LogP contribution < -0.4 is 0 Å². The average Bonchev–Trinajstić information content (AvgIpc) is 2.05. The van der Waals surface area contributed by atoms with Gasteiger partial charge in [-0.05, 0) is 12.5 Å². The molecule has 1 aliphatic rings. The molecule has 0 aromatic heterocycles. The molecule has 1 rings (SSSR count). The molecule has 0 aromatic carbocycles. The van der Waals surface area contributed by atoms with Crippen LogP contribution in [0.15, 0.2) is 12.7 Å². The highest BCUT2D eigenvalue weighted by Gasteiger charge is 2.21. The Morgan fingerprint density at radius 3 is 2.90 bits per heavy atom. The number of hydrogen-bond acceptors (Lipinski definition) is 2. The minimum Gasteiger partial charge on any atom is -0.417 e. The molecule has 2 atom stereocenters. The second-order valence-electron chi connectivity index (χ2n) is 2.63. The van der Waals surface area contributed by atoms with Crippen molar-refractivity contribution in [2.45, 2.75) is 24.6 Å². The number of aliphatic hydroxyl groups is 1. The highest BCUT2D eigenvalue weighted by Crippen LogP contribution is 2.13. The van der Waals surface area contributed by atoms with Gasteiger partial charge in [-0.1, -0.05) is 12.5 Å². The van der Waals surface area contributed by atoms with Crippen LogP contribution in [0.4, 0.5) is 0 Å². The highest BCUT2D eigenvalue weighted by atomic mass is 28.3. The second-order valence-corrected chi connectivity index (χ2v) is 5.30. The van der Waals surface area contributed by atoms with E-state index in [4.69, 9.17) is 4.43 Å². The zero-order valence-electron chi connectivity index (χ0n) is 6.12. The Balaban J connectivity index is 2.30. The SMILES string of the molecule is C=CC(O)[SiH]1CCCCO1. The molecule has 0 aromatic rings. The van der Waals surface area contributed by atoms with Gasteiger partial charge in [0.2, 0.25) is 9.04 Å². The molecule has 0 bridgehead atoms. The van der Waals surface area contributed by atoms with E-state index < -0.39 is 9.04 Å².